The van der Waals surface area contributed by atoms with E-state index in [1.54, 1.807) is 6.20 Å². The lowest BCUT2D eigenvalue weighted by molar-refractivity contribution is 0.0789. The predicted molar refractivity (Wildman–Crippen MR) is 49.6 cm³/mol. The molecule has 1 aromatic heterocycles. The third-order valence-corrected chi connectivity index (χ3v) is 3.18. The quantitative estimate of drug-likeness (QED) is 0.658. The normalized spacial score (nSPS) is 25.8. The Labute approximate surface area is 77.5 Å². The van der Waals surface area contributed by atoms with Gasteiger partial charge in [-0.3, -0.25) is 9.89 Å². The van der Waals surface area contributed by atoms with Crippen LogP contribution in [0.15, 0.2) is 6.20 Å². The van der Waals surface area contributed by atoms with E-state index in [9.17, 15) is 4.79 Å². The van der Waals surface area contributed by atoms with E-state index in [1.807, 2.05) is 6.92 Å². The van der Waals surface area contributed by atoms with Crippen LogP contribution in [0.2, 0.25) is 0 Å². The van der Waals surface area contributed by atoms with Crippen molar-refractivity contribution in [3.05, 3.63) is 17.5 Å². The molecule has 0 amide bonds. The van der Waals surface area contributed by atoms with Gasteiger partial charge in [0.1, 0.15) is 0 Å². The van der Waals surface area contributed by atoms with Gasteiger partial charge >= 0.3 is 0 Å². The molecular weight excluding hydrogens is 164 g/mol. The first kappa shape index (κ1) is 8.48. The van der Waals surface area contributed by atoms with Crippen molar-refractivity contribution < 1.29 is 4.79 Å². The van der Waals surface area contributed by atoms with Crippen LogP contribution in [-0.2, 0) is 6.42 Å². The van der Waals surface area contributed by atoms with Crippen molar-refractivity contribution in [1.29, 1.82) is 0 Å². The summed E-state index contributed by atoms with van der Waals surface area (Å²) in [6.07, 6.45) is 2.55. The van der Waals surface area contributed by atoms with Crippen LogP contribution in [0, 0.1) is 11.3 Å². The van der Waals surface area contributed by atoms with E-state index in [2.05, 4.69) is 24.0 Å². The number of nitrogens with zero attached hydrogens (tertiary/aromatic N) is 1. The number of Topliss-reactive ketones (excluding diaryl/α,β-unsaturated/α-hetero) is 1. The first-order chi connectivity index (χ1) is 6.02. The summed E-state index contributed by atoms with van der Waals surface area (Å²) in [5.41, 5.74) is 1.83. The summed E-state index contributed by atoms with van der Waals surface area (Å²) in [6, 6.07) is 0. The van der Waals surface area contributed by atoms with Crippen molar-refractivity contribution in [1.82, 2.24) is 10.2 Å². The Hall–Kier alpha value is -1.12. The summed E-state index contributed by atoms with van der Waals surface area (Å²) < 4.78 is 0. The molecule has 0 saturated carbocycles. The van der Waals surface area contributed by atoms with Crippen molar-refractivity contribution in [2.75, 3.05) is 0 Å². The summed E-state index contributed by atoms with van der Waals surface area (Å²) in [4.78, 5) is 11.8. The fraction of sp³-hybridized carbons (Fsp3) is 0.600. The van der Waals surface area contributed by atoms with E-state index in [0.29, 0.717) is 0 Å². The van der Waals surface area contributed by atoms with Crippen LogP contribution in [0.1, 0.15) is 36.8 Å². The van der Waals surface area contributed by atoms with E-state index in [-0.39, 0.29) is 17.1 Å². The number of hydrogen-bond acceptors (Lipinski definition) is 2. The summed E-state index contributed by atoms with van der Waals surface area (Å²) in [5, 5.41) is 6.80. The van der Waals surface area contributed by atoms with Gasteiger partial charge in [0.15, 0.2) is 5.78 Å². The van der Waals surface area contributed by atoms with Gasteiger partial charge in [0, 0.05) is 11.6 Å². The van der Waals surface area contributed by atoms with Crippen LogP contribution in [0.5, 0.6) is 0 Å². The van der Waals surface area contributed by atoms with E-state index in [1.165, 1.54) is 0 Å². The summed E-state index contributed by atoms with van der Waals surface area (Å²) in [7, 11) is 0. The number of aromatic amines is 1. The molecule has 0 radical (unpaired) electrons. The molecule has 0 fully saturated rings. The Morgan fingerprint density at radius 2 is 2.31 bits per heavy atom. The number of ketones is 1. The van der Waals surface area contributed by atoms with E-state index in [0.717, 1.165) is 17.7 Å². The number of H-pyrrole nitrogens is 1. The maximum absolute atomic E-state index is 11.8. The topological polar surface area (TPSA) is 45.8 Å². The van der Waals surface area contributed by atoms with Crippen LogP contribution >= 0.6 is 0 Å². The number of aromatic nitrogens is 2. The fourth-order valence-corrected chi connectivity index (χ4v) is 1.86. The minimum Gasteiger partial charge on any atom is -0.294 e. The first-order valence-corrected chi connectivity index (χ1v) is 4.59. The molecule has 0 spiro atoms. The second-order valence-electron chi connectivity index (χ2n) is 4.51. The Balaban J connectivity index is 2.51. The second kappa shape index (κ2) is 2.44. The Bertz CT molecular complexity index is 352. The number of rotatable bonds is 0. The molecule has 0 aliphatic heterocycles. The lowest BCUT2D eigenvalue weighted by Crippen LogP contribution is -2.35. The van der Waals surface area contributed by atoms with Crippen LogP contribution in [0.3, 0.4) is 0 Å². The number of fused-ring (bicyclic) bond motifs is 1. The van der Waals surface area contributed by atoms with Crippen molar-refractivity contribution in [2.45, 2.75) is 27.2 Å². The number of carbonyl (C=O) groups excluding carboxylic acids is 1. The molecule has 1 N–H and O–H groups in total. The fourth-order valence-electron chi connectivity index (χ4n) is 1.86. The SMILES string of the molecule is CC1C(=O)c2cn[nH]c2CC1(C)C. The van der Waals surface area contributed by atoms with E-state index >= 15 is 0 Å². The highest BCUT2D eigenvalue weighted by Gasteiger charge is 2.38. The molecule has 1 atom stereocenters. The van der Waals surface area contributed by atoms with Gasteiger partial charge in [-0.05, 0) is 11.8 Å². The zero-order valence-electron chi connectivity index (χ0n) is 8.22. The highest BCUT2D eigenvalue weighted by Crippen LogP contribution is 2.38. The molecule has 3 heteroatoms. The lowest BCUT2D eigenvalue weighted by atomic mass is 9.69. The third-order valence-electron chi connectivity index (χ3n) is 3.18. The summed E-state index contributed by atoms with van der Waals surface area (Å²) in [6.45, 7) is 6.25. The van der Waals surface area contributed by atoms with Crippen molar-refractivity contribution in [3.63, 3.8) is 0 Å². The van der Waals surface area contributed by atoms with Gasteiger partial charge in [-0.15, -0.1) is 0 Å². The Morgan fingerprint density at radius 3 is 3.00 bits per heavy atom. The maximum atomic E-state index is 11.8. The zero-order chi connectivity index (χ0) is 9.64. The van der Waals surface area contributed by atoms with Crippen molar-refractivity contribution in [2.24, 2.45) is 11.3 Å². The molecule has 1 aromatic rings. The van der Waals surface area contributed by atoms with Gasteiger partial charge < -0.3 is 0 Å². The van der Waals surface area contributed by atoms with Gasteiger partial charge in [-0.2, -0.15) is 5.10 Å². The average molecular weight is 178 g/mol. The van der Waals surface area contributed by atoms with Crippen LogP contribution in [0.25, 0.3) is 0 Å². The molecule has 0 bridgehead atoms. The molecule has 1 unspecified atom stereocenters. The van der Waals surface area contributed by atoms with Gasteiger partial charge in [0.05, 0.1) is 11.8 Å². The average Bonchev–Trinajstić information content (AvgIpc) is 2.47. The number of hydrogen-bond donors (Lipinski definition) is 1. The van der Waals surface area contributed by atoms with Gasteiger partial charge in [0.25, 0.3) is 0 Å². The van der Waals surface area contributed by atoms with Crippen LogP contribution in [-0.4, -0.2) is 16.0 Å². The molecule has 3 nitrogen and oxygen atoms in total. The highest BCUT2D eigenvalue weighted by molar-refractivity contribution is 5.99. The minimum atomic E-state index is 0.0522. The molecule has 0 saturated heterocycles. The van der Waals surface area contributed by atoms with Gasteiger partial charge in [0.2, 0.25) is 0 Å². The maximum Gasteiger partial charge on any atom is 0.169 e. The van der Waals surface area contributed by atoms with E-state index < -0.39 is 0 Å². The highest BCUT2D eigenvalue weighted by atomic mass is 16.1. The van der Waals surface area contributed by atoms with Crippen LogP contribution < -0.4 is 0 Å². The van der Waals surface area contributed by atoms with Gasteiger partial charge in [-0.25, -0.2) is 0 Å². The Morgan fingerprint density at radius 1 is 1.62 bits per heavy atom. The van der Waals surface area contributed by atoms with Gasteiger partial charge in [-0.1, -0.05) is 20.8 Å². The van der Waals surface area contributed by atoms with Crippen molar-refractivity contribution >= 4 is 5.78 Å². The third kappa shape index (κ3) is 1.10. The molecule has 13 heavy (non-hydrogen) atoms. The smallest absolute Gasteiger partial charge is 0.169 e. The number of carbonyl (C=O) groups is 1. The molecular formula is C10H14N2O. The zero-order valence-corrected chi connectivity index (χ0v) is 8.22. The minimum absolute atomic E-state index is 0.0522. The molecule has 2 rings (SSSR count). The van der Waals surface area contributed by atoms with E-state index in [4.69, 9.17) is 0 Å². The Kier molecular flexibility index (Phi) is 1.59. The monoisotopic (exact) mass is 178 g/mol. The van der Waals surface area contributed by atoms with Crippen molar-refractivity contribution in [3.8, 4) is 0 Å². The molecule has 1 aliphatic rings. The summed E-state index contributed by atoms with van der Waals surface area (Å²) in [5.74, 6) is 0.317. The van der Waals surface area contributed by atoms with Crippen LogP contribution in [0.4, 0.5) is 0 Å². The molecule has 70 valence electrons. The summed E-state index contributed by atoms with van der Waals surface area (Å²) >= 11 is 0. The standard InChI is InChI=1S/C10H14N2O/c1-6-9(13)7-5-11-12-8(7)4-10(6,2)3/h5-6H,4H2,1-3H3,(H,11,12). The largest absolute Gasteiger partial charge is 0.294 e. The molecule has 1 heterocycles. The molecule has 0 aromatic carbocycles. The lowest BCUT2D eigenvalue weighted by Gasteiger charge is -2.34. The molecule has 1 aliphatic carbocycles. The number of nitrogens with one attached hydrogen (secondary N) is 1. The first-order valence-electron chi connectivity index (χ1n) is 4.59. The predicted octanol–water partition coefficient (Wildman–Crippen LogP) is 1.81. The second-order valence-corrected chi connectivity index (χ2v) is 4.51.